The molecule has 0 unspecified atom stereocenters. The average Bonchev–Trinajstić information content (AvgIpc) is 2.46. The third-order valence-electron chi connectivity index (χ3n) is 3.53. The summed E-state index contributed by atoms with van der Waals surface area (Å²) in [7, 11) is -3.71. The summed E-state index contributed by atoms with van der Waals surface area (Å²) in [5.41, 5.74) is -0.546. The van der Waals surface area contributed by atoms with Crippen molar-refractivity contribution in [2.24, 2.45) is 0 Å². The molecule has 0 aliphatic carbocycles. The highest BCUT2D eigenvalue weighted by molar-refractivity contribution is 7.89. The molecular weight excluding hydrogens is 352 g/mol. The van der Waals surface area contributed by atoms with Gasteiger partial charge < -0.3 is 9.64 Å². The first-order valence-electron chi connectivity index (χ1n) is 7.74. The fourth-order valence-electron chi connectivity index (χ4n) is 2.39. The SMILES string of the molecule is CC(C)(C)OC(=O)N1CCC(NS(=O)(=O)c2c[c]ccc2Cl)CC1. The highest BCUT2D eigenvalue weighted by atomic mass is 35.5. The molecule has 24 heavy (non-hydrogen) atoms. The van der Waals surface area contributed by atoms with Gasteiger partial charge in [0.05, 0.1) is 5.02 Å². The Morgan fingerprint density at radius 1 is 1.38 bits per heavy atom. The number of nitrogens with zero attached hydrogens (tertiary/aromatic N) is 1. The van der Waals surface area contributed by atoms with Crippen molar-refractivity contribution >= 4 is 27.7 Å². The highest BCUT2D eigenvalue weighted by Gasteiger charge is 2.29. The smallest absolute Gasteiger partial charge is 0.410 e. The third-order valence-corrected chi connectivity index (χ3v) is 5.54. The van der Waals surface area contributed by atoms with E-state index < -0.39 is 15.6 Å². The van der Waals surface area contributed by atoms with Crippen LogP contribution >= 0.6 is 11.6 Å². The van der Waals surface area contributed by atoms with Gasteiger partial charge in [-0.3, -0.25) is 0 Å². The van der Waals surface area contributed by atoms with E-state index in [9.17, 15) is 13.2 Å². The number of hydrogen-bond acceptors (Lipinski definition) is 4. The molecule has 0 saturated carbocycles. The number of carbonyl (C=O) groups excluding carboxylic acids is 1. The Bertz CT molecular complexity index is 692. The quantitative estimate of drug-likeness (QED) is 0.883. The number of likely N-dealkylation sites (tertiary alicyclic amines) is 1. The van der Waals surface area contributed by atoms with Crippen molar-refractivity contribution in [3.05, 3.63) is 29.3 Å². The Morgan fingerprint density at radius 3 is 2.54 bits per heavy atom. The van der Waals surface area contributed by atoms with Gasteiger partial charge in [0.15, 0.2) is 0 Å². The van der Waals surface area contributed by atoms with Crippen molar-refractivity contribution in [3.8, 4) is 0 Å². The van der Waals surface area contributed by atoms with Gasteiger partial charge in [0.1, 0.15) is 10.5 Å². The lowest BCUT2D eigenvalue weighted by Gasteiger charge is -2.33. The van der Waals surface area contributed by atoms with Crippen LogP contribution in [0.1, 0.15) is 33.6 Å². The van der Waals surface area contributed by atoms with E-state index in [4.69, 9.17) is 16.3 Å². The van der Waals surface area contributed by atoms with E-state index in [1.807, 2.05) is 20.8 Å². The standard InChI is InChI=1S/C16H22ClN2O4S/c1-16(2,3)23-15(20)19-10-8-12(9-11-19)18-24(21,22)14-7-5-4-6-13(14)17/h4,6-7,12,18H,8-11H2,1-3H3. The maximum Gasteiger partial charge on any atom is 0.410 e. The highest BCUT2D eigenvalue weighted by Crippen LogP contribution is 2.22. The van der Waals surface area contributed by atoms with Gasteiger partial charge in [0.25, 0.3) is 0 Å². The van der Waals surface area contributed by atoms with Gasteiger partial charge in [-0.25, -0.2) is 17.9 Å². The number of piperidine rings is 1. The predicted molar refractivity (Wildman–Crippen MR) is 91.4 cm³/mol. The summed E-state index contributed by atoms with van der Waals surface area (Å²) in [6, 6.07) is 6.86. The van der Waals surface area contributed by atoms with Gasteiger partial charge in [-0.1, -0.05) is 17.7 Å². The summed E-state index contributed by atoms with van der Waals surface area (Å²) in [4.78, 5) is 13.6. The van der Waals surface area contributed by atoms with E-state index in [0.717, 1.165) is 0 Å². The van der Waals surface area contributed by atoms with Crippen LogP contribution in [0.3, 0.4) is 0 Å². The number of carbonyl (C=O) groups is 1. The Morgan fingerprint density at radius 2 is 2.00 bits per heavy atom. The minimum atomic E-state index is -3.71. The van der Waals surface area contributed by atoms with Crippen LogP contribution in [0.25, 0.3) is 0 Å². The Balaban J connectivity index is 1.94. The van der Waals surface area contributed by atoms with E-state index in [1.165, 1.54) is 12.1 Å². The topological polar surface area (TPSA) is 75.7 Å². The molecule has 0 aromatic heterocycles. The number of amides is 1. The Hall–Kier alpha value is -1.31. The minimum absolute atomic E-state index is 0.0150. The van der Waals surface area contributed by atoms with Gasteiger partial charge in [0.2, 0.25) is 10.0 Å². The molecule has 0 spiro atoms. The van der Waals surface area contributed by atoms with Crippen LogP contribution in [0.4, 0.5) is 4.79 Å². The Kier molecular flexibility index (Phi) is 5.78. The molecule has 8 heteroatoms. The van der Waals surface area contributed by atoms with Gasteiger partial charge in [-0.2, -0.15) is 0 Å². The molecular formula is C16H22ClN2O4S. The molecule has 1 radical (unpaired) electrons. The number of ether oxygens (including phenoxy) is 1. The van der Waals surface area contributed by atoms with Gasteiger partial charge in [-0.15, -0.1) is 0 Å². The van der Waals surface area contributed by atoms with Gasteiger partial charge in [0, 0.05) is 19.1 Å². The number of hydrogen-bond donors (Lipinski definition) is 1. The molecule has 1 N–H and O–H groups in total. The molecule has 0 atom stereocenters. The second kappa shape index (κ2) is 7.29. The molecule has 1 aromatic carbocycles. The molecule has 1 aliphatic heterocycles. The molecule has 133 valence electrons. The number of nitrogens with one attached hydrogen (secondary N) is 1. The molecule has 2 rings (SSSR count). The maximum atomic E-state index is 12.4. The Labute approximate surface area is 148 Å². The summed E-state index contributed by atoms with van der Waals surface area (Å²) in [6.07, 6.45) is 0.670. The average molecular weight is 374 g/mol. The molecule has 0 bridgehead atoms. The van der Waals surface area contributed by atoms with Crippen molar-refractivity contribution in [2.75, 3.05) is 13.1 Å². The van der Waals surface area contributed by atoms with Crippen LogP contribution in [-0.4, -0.2) is 44.1 Å². The summed E-state index contributed by atoms with van der Waals surface area (Å²) < 4.78 is 32.8. The normalized spacial score (nSPS) is 16.9. The number of halogens is 1. The summed E-state index contributed by atoms with van der Waals surface area (Å²) in [5, 5.41) is 0.160. The van der Waals surface area contributed by atoms with E-state index in [2.05, 4.69) is 10.8 Å². The summed E-state index contributed by atoms with van der Waals surface area (Å²) in [5.74, 6) is 0. The van der Waals surface area contributed by atoms with E-state index in [0.29, 0.717) is 25.9 Å². The fourth-order valence-corrected chi connectivity index (χ4v) is 4.16. The van der Waals surface area contributed by atoms with Gasteiger partial charge >= 0.3 is 6.09 Å². The predicted octanol–water partition coefficient (Wildman–Crippen LogP) is 2.82. The molecule has 6 nitrogen and oxygen atoms in total. The van der Waals surface area contributed by atoms with Crippen molar-refractivity contribution in [1.29, 1.82) is 0 Å². The molecule has 1 heterocycles. The van der Waals surface area contributed by atoms with Crippen LogP contribution in [0.2, 0.25) is 5.02 Å². The maximum absolute atomic E-state index is 12.4. The first-order chi connectivity index (χ1) is 11.1. The monoisotopic (exact) mass is 373 g/mol. The third kappa shape index (κ3) is 5.09. The lowest BCUT2D eigenvalue weighted by Crippen LogP contribution is -2.47. The van der Waals surface area contributed by atoms with Crippen LogP contribution in [0.5, 0.6) is 0 Å². The minimum Gasteiger partial charge on any atom is -0.444 e. The molecule has 1 aromatic rings. The first-order valence-corrected chi connectivity index (χ1v) is 9.60. The first kappa shape index (κ1) is 19.0. The van der Waals surface area contributed by atoms with Crippen molar-refractivity contribution in [2.45, 2.75) is 50.2 Å². The van der Waals surface area contributed by atoms with E-state index >= 15 is 0 Å². The lowest BCUT2D eigenvalue weighted by molar-refractivity contribution is 0.0204. The van der Waals surface area contributed by atoms with Gasteiger partial charge in [-0.05, 0) is 51.8 Å². The molecule has 1 saturated heterocycles. The number of benzene rings is 1. The van der Waals surface area contributed by atoms with Crippen molar-refractivity contribution in [1.82, 2.24) is 9.62 Å². The zero-order valence-electron chi connectivity index (χ0n) is 14.0. The summed E-state index contributed by atoms with van der Waals surface area (Å²) >= 11 is 5.94. The van der Waals surface area contributed by atoms with E-state index in [1.54, 1.807) is 11.0 Å². The number of rotatable bonds is 3. The zero-order chi connectivity index (χ0) is 18.0. The fraction of sp³-hybridized carbons (Fsp3) is 0.562. The lowest BCUT2D eigenvalue weighted by atomic mass is 10.1. The van der Waals surface area contributed by atoms with E-state index in [-0.39, 0.29) is 22.1 Å². The van der Waals surface area contributed by atoms with Crippen molar-refractivity contribution < 1.29 is 17.9 Å². The second-order valence-corrected chi connectivity index (χ2v) is 8.81. The van der Waals surface area contributed by atoms with Crippen LogP contribution in [0, 0.1) is 6.07 Å². The molecule has 1 amide bonds. The number of sulfonamides is 1. The van der Waals surface area contributed by atoms with Crippen LogP contribution in [-0.2, 0) is 14.8 Å². The second-order valence-electron chi connectivity index (χ2n) is 6.72. The summed E-state index contributed by atoms with van der Waals surface area (Å²) in [6.45, 7) is 6.32. The van der Waals surface area contributed by atoms with Crippen LogP contribution in [0.15, 0.2) is 23.1 Å². The van der Waals surface area contributed by atoms with Crippen molar-refractivity contribution in [3.63, 3.8) is 0 Å². The van der Waals surface area contributed by atoms with Crippen LogP contribution < -0.4 is 4.72 Å². The molecule has 1 aliphatic rings. The largest absolute Gasteiger partial charge is 0.444 e. The zero-order valence-corrected chi connectivity index (χ0v) is 15.6. The molecule has 1 fully saturated rings.